The van der Waals surface area contributed by atoms with Gasteiger partial charge >= 0.3 is 6.09 Å². The average molecular weight is 369 g/mol. The molecule has 2 aromatic rings. The molecule has 0 saturated carbocycles. The molecule has 1 aromatic carbocycles. The molecule has 1 aromatic heterocycles. The molecule has 27 heavy (non-hydrogen) atoms. The molecular formula is C18H19N5O4. The Balaban J connectivity index is 1.35. The molecule has 9 nitrogen and oxygen atoms in total. The van der Waals surface area contributed by atoms with Crippen LogP contribution in [0.5, 0.6) is 0 Å². The number of ether oxygens (including phenoxy) is 1. The van der Waals surface area contributed by atoms with Crippen molar-refractivity contribution in [2.24, 2.45) is 0 Å². The van der Waals surface area contributed by atoms with Gasteiger partial charge < -0.3 is 14.5 Å². The average Bonchev–Trinajstić information content (AvgIpc) is 3.33. The molecular weight excluding hydrogens is 350 g/mol. The minimum atomic E-state index is -0.656. The third-order valence-corrected chi connectivity index (χ3v) is 4.94. The molecule has 2 saturated heterocycles. The van der Waals surface area contributed by atoms with Crippen molar-refractivity contribution in [2.45, 2.75) is 25.1 Å². The lowest BCUT2D eigenvalue weighted by atomic mass is 10.2. The number of nitrogens with one attached hydrogen (secondary N) is 1. The number of benzene rings is 1. The fourth-order valence-corrected chi connectivity index (χ4v) is 3.59. The first-order valence-electron chi connectivity index (χ1n) is 8.66. The summed E-state index contributed by atoms with van der Waals surface area (Å²) in [5, 5.41) is 8.64. The van der Waals surface area contributed by atoms with E-state index in [4.69, 9.17) is 9.94 Å². The zero-order valence-corrected chi connectivity index (χ0v) is 14.5. The van der Waals surface area contributed by atoms with E-state index in [9.17, 15) is 9.59 Å². The predicted octanol–water partition coefficient (Wildman–Crippen LogP) is 1.20. The van der Waals surface area contributed by atoms with Crippen molar-refractivity contribution in [1.82, 2.24) is 20.3 Å². The van der Waals surface area contributed by atoms with Gasteiger partial charge in [-0.25, -0.2) is 20.2 Å². The monoisotopic (exact) mass is 369 g/mol. The molecule has 140 valence electrons. The van der Waals surface area contributed by atoms with Crippen molar-refractivity contribution in [3.05, 3.63) is 53.9 Å². The van der Waals surface area contributed by atoms with Gasteiger partial charge in [0.1, 0.15) is 6.61 Å². The van der Waals surface area contributed by atoms with Gasteiger partial charge in [-0.2, -0.15) is 0 Å². The quantitative estimate of drug-likeness (QED) is 0.616. The van der Waals surface area contributed by atoms with Crippen molar-refractivity contribution in [2.75, 3.05) is 18.0 Å². The van der Waals surface area contributed by atoms with Crippen LogP contribution in [0.15, 0.2) is 42.7 Å². The number of carbonyl (C=O) groups is 2. The number of hydrogen-bond donors (Lipinski definition) is 2. The third-order valence-electron chi connectivity index (χ3n) is 4.94. The molecule has 0 spiro atoms. The summed E-state index contributed by atoms with van der Waals surface area (Å²) in [5.41, 5.74) is 2.68. The van der Waals surface area contributed by atoms with E-state index in [1.54, 1.807) is 10.4 Å². The molecule has 2 unspecified atom stereocenters. The van der Waals surface area contributed by atoms with Crippen molar-refractivity contribution in [3.63, 3.8) is 0 Å². The first kappa shape index (κ1) is 17.2. The number of hydroxylamine groups is 1. The summed E-state index contributed by atoms with van der Waals surface area (Å²) < 4.78 is 5.43. The van der Waals surface area contributed by atoms with Gasteiger partial charge in [-0.15, -0.1) is 0 Å². The van der Waals surface area contributed by atoms with Crippen LogP contribution in [0.3, 0.4) is 0 Å². The number of aromatic nitrogens is 2. The Kier molecular flexibility index (Phi) is 4.59. The van der Waals surface area contributed by atoms with Crippen LogP contribution < -0.4 is 10.4 Å². The van der Waals surface area contributed by atoms with E-state index in [1.165, 1.54) is 12.4 Å². The highest BCUT2D eigenvalue weighted by Gasteiger charge is 2.46. The fourth-order valence-electron chi connectivity index (χ4n) is 3.59. The first-order chi connectivity index (χ1) is 13.2. The molecule has 2 fully saturated rings. The topological polar surface area (TPSA) is 108 Å². The standard InChI is InChI=1S/C18H19N5O4/c24-16(21-26)13-7-19-17(20-8-13)22-9-15-6-14(22)10-23(15)18(25)27-11-12-4-2-1-3-5-12/h1-5,7-8,14-15,26H,6,9-11H2,(H,21,24). The van der Waals surface area contributed by atoms with Crippen LogP contribution in [0.4, 0.5) is 10.7 Å². The minimum absolute atomic E-state index is 0.0577. The van der Waals surface area contributed by atoms with Gasteiger partial charge in [0, 0.05) is 25.5 Å². The number of nitrogens with zero attached hydrogens (tertiary/aromatic N) is 4. The SMILES string of the molecule is O=C(NO)c1cnc(N2CC3CC2CN3C(=O)OCc2ccccc2)nc1. The molecule has 2 bridgehead atoms. The number of piperazine rings is 1. The highest BCUT2D eigenvalue weighted by Crippen LogP contribution is 2.33. The van der Waals surface area contributed by atoms with Crippen LogP contribution in [0, 0.1) is 0 Å². The van der Waals surface area contributed by atoms with Gasteiger partial charge in [0.15, 0.2) is 0 Å². The lowest BCUT2D eigenvalue weighted by molar-refractivity contribution is 0.0705. The summed E-state index contributed by atoms with van der Waals surface area (Å²) >= 11 is 0. The van der Waals surface area contributed by atoms with E-state index in [1.807, 2.05) is 35.2 Å². The van der Waals surface area contributed by atoms with Crippen LogP contribution >= 0.6 is 0 Å². The molecule has 2 N–H and O–H groups in total. The molecule has 2 aliphatic heterocycles. The number of carbonyl (C=O) groups excluding carboxylic acids is 2. The Morgan fingerprint density at radius 3 is 2.52 bits per heavy atom. The predicted molar refractivity (Wildman–Crippen MR) is 94.2 cm³/mol. The largest absolute Gasteiger partial charge is 0.445 e. The van der Waals surface area contributed by atoms with E-state index in [0.29, 0.717) is 19.0 Å². The molecule has 2 aliphatic rings. The summed E-state index contributed by atoms with van der Waals surface area (Å²) in [7, 11) is 0. The number of anilines is 1. The summed E-state index contributed by atoms with van der Waals surface area (Å²) in [6.45, 7) is 1.44. The van der Waals surface area contributed by atoms with Crippen LogP contribution in [0.1, 0.15) is 22.3 Å². The number of fused-ring (bicyclic) bond motifs is 2. The second-order valence-electron chi connectivity index (χ2n) is 6.60. The normalized spacial score (nSPS) is 20.6. The second kappa shape index (κ2) is 7.20. The lowest BCUT2D eigenvalue weighted by Crippen LogP contribution is -2.49. The maximum Gasteiger partial charge on any atom is 0.410 e. The highest BCUT2D eigenvalue weighted by atomic mass is 16.6. The van der Waals surface area contributed by atoms with Gasteiger partial charge in [0.05, 0.1) is 17.6 Å². The number of hydrogen-bond acceptors (Lipinski definition) is 7. The Morgan fingerprint density at radius 2 is 1.89 bits per heavy atom. The van der Waals surface area contributed by atoms with Gasteiger partial charge in [-0.1, -0.05) is 30.3 Å². The van der Waals surface area contributed by atoms with E-state index in [0.717, 1.165) is 12.0 Å². The molecule has 4 rings (SSSR count). The van der Waals surface area contributed by atoms with Crippen molar-refractivity contribution < 1.29 is 19.5 Å². The molecule has 0 aliphatic carbocycles. The van der Waals surface area contributed by atoms with Gasteiger partial charge in [0.2, 0.25) is 5.95 Å². The Hall–Kier alpha value is -3.20. The first-order valence-corrected chi connectivity index (χ1v) is 8.66. The zero-order chi connectivity index (χ0) is 18.8. The van der Waals surface area contributed by atoms with Crippen LogP contribution in [0.2, 0.25) is 0 Å². The number of likely N-dealkylation sites (tertiary alicyclic amines) is 1. The van der Waals surface area contributed by atoms with Crippen molar-refractivity contribution in [1.29, 1.82) is 0 Å². The van der Waals surface area contributed by atoms with Crippen molar-refractivity contribution >= 4 is 17.9 Å². The Labute approximate surface area is 155 Å². The Bertz CT molecular complexity index is 829. The van der Waals surface area contributed by atoms with E-state index in [-0.39, 0.29) is 30.3 Å². The zero-order valence-electron chi connectivity index (χ0n) is 14.5. The summed E-state index contributed by atoms with van der Waals surface area (Å²) in [4.78, 5) is 35.9. The molecule has 2 amide bonds. The summed E-state index contributed by atoms with van der Waals surface area (Å²) in [6.07, 6.45) is 3.27. The highest BCUT2D eigenvalue weighted by molar-refractivity contribution is 5.92. The third kappa shape index (κ3) is 3.41. The van der Waals surface area contributed by atoms with Gasteiger partial charge in [-0.3, -0.25) is 10.0 Å². The molecule has 9 heteroatoms. The van der Waals surface area contributed by atoms with Crippen LogP contribution in [-0.4, -0.2) is 57.2 Å². The minimum Gasteiger partial charge on any atom is -0.445 e. The van der Waals surface area contributed by atoms with Crippen molar-refractivity contribution in [3.8, 4) is 0 Å². The maximum absolute atomic E-state index is 12.4. The summed E-state index contributed by atoms with van der Waals surface area (Å²) in [6, 6.07) is 9.76. The fraction of sp³-hybridized carbons (Fsp3) is 0.333. The number of amides is 2. The molecule has 3 heterocycles. The summed E-state index contributed by atoms with van der Waals surface area (Å²) in [5.74, 6) is -0.147. The number of rotatable bonds is 4. The van der Waals surface area contributed by atoms with Crippen LogP contribution in [0.25, 0.3) is 0 Å². The molecule has 0 radical (unpaired) electrons. The van der Waals surface area contributed by atoms with Gasteiger partial charge in [-0.05, 0) is 12.0 Å². The van der Waals surface area contributed by atoms with E-state index < -0.39 is 5.91 Å². The Morgan fingerprint density at radius 1 is 1.15 bits per heavy atom. The second-order valence-corrected chi connectivity index (χ2v) is 6.60. The maximum atomic E-state index is 12.4. The van der Waals surface area contributed by atoms with Crippen LogP contribution in [-0.2, 0) is 11.3 Å². The lowest BCUT2D eigenvalue weighted by Gasteiger charge is -2.33. The van der Waals surface area contributed by atoms with E-state index in [2.05, 4.69) is 9.97 Å². The molecule has 2 atom stereocenters. The van der Waals surface area contributed by atoms with Gasteiger partial charge in [0.25, 0.3) is 5.91 Å². The van der Waals surface area contributed by atoms with E-state index >= 15 is 0 Å². The smallest absolute Gasteiger partial charge is 0.410 e.